The average molecular weight is 957 g/mol. The summed E-state index contributed by atoms with van der Waals surface area (Å²) in [6.45, 7) is 0. The first-order chi connectivity index (χ1) is 37.2. The second-order valence-corrected chi connectivity index (χ2v) is 19.5. The van der Waals surface area contributed by atoms with Crippen LogP contribution in [-0.4, -0.2) is 29.5 Å². The molecule has 10 aromatic carbocycles. The van der Waals surface area contributed by atoms with Gasteiger partial charge in [-0.2, -0.15) is 0 Å². The molecule has 2 atom stereocenters. The molecule has 0 spiro atoms. The van der Waals surface area contributed by atoms with Gasteiger partial charge < -0.3 is 4.57 Å². The molecule has 0 aliphatic heterocycles. The SMILES string of the molecule is c1ccc(-c2nc(-c3ccc(-c4cccc5c4c4ccccc4n5-c4ccccc4)cc3)cc(-c3ccc4c(c3)C3c5ccccc5C4c4cc(-c5nc(-c6ccccc6)nc(-c6ccccc6)n5)ccc43)n2)cc1. The van der Waals surface area contributed by atoms with Gasteiger partial charge in [-0.15, -0.1) is 0 Å². The lowest BCUT2D eigenvalue weighted by molar-refractivity contribution is 0.754. The summed E-state index contributed by atoms with van der Waals surface area (Å²) in [7, 11) is 0. The average Bonchev–Trinajstić information content (AvgIpc) is 3.90. The van der Waals surface area contributed by atoms with Crippen molar-refractivity contribution in [1.82, 2.24) is 29.5 Å². The zero-order valence-electron chi connectivity index (χ0n) is 40.6. The van der Waals surface area contributed by atoms with Crippen molar-refractivity contribution in [2.45, 2.75) is 11.8 Å². The van der Waals surface area contributed by atoms with Crippen LogP contribution in [0.3, 0.4) is 0 Å². The lowest BCUT2D eigenvalue weighted by atomic mass is 9.60. The fraction of sp³-hybridized carbons (Fsp3) is 0.0290. The van der Waals surface area contributed by atoms with E-state index < -0.39 is 0 Å². The van der Waals surface area contributed by atoms with E-state index in [2.05, 4.69) is 217 Å². The predicted molar refractivity (Wildman–Crippen MR) is 303 cm³/mol. The maximum atomic E-state index is 5.33. The van der Waals surface area contributed by atoms with Crippen LogP contribution in [0.4, 0.5) is 0 Å². The molecule has 350 valence electrons. The summed E-state index contributed by atoms with van der Waals surface area (Å²) >= 11 is 0. The van der Waals surface area contributed by atoms with Crippen LogP contribution in [0.25, 0.3) is 107 Å². The number of rotatable bonds is 8. The summed E-state index contributed by atoms with van der Waals surface area (Å²) in [4.78, 5) is 25.8. The normalized spacial score (nSPS) is 14.1. The maximum absolute atomic E-state index is 5.33. The topological polar surface area (TPSA) is 69.4 Å². The Morgan fingerprint density at radius 2 is 0.693 bits per heavy atom. The predicted octanol–water partition coefficient (Wildman–Crippen LogP) is 16.4. The van der Waals surface area contributed by atoms with Gasteiger partial charge in [-0.1, -0.05) is 212 Å². The summed E-state index contributed by atoms with van der Waals surface area (Å²) in [5, 5.41) is 2.47. The number of nitrogens with zero attached hydrogens (tertiary/aromatic N) is 6. The van der Waals surface area contributed by atoms with Gasteiger partial charge in [0.15, 0.2) is 23.3 Å². The van der Waals surface area contributed by atoms with Crippen LogP contribution in [0, 0.1) is 0 Å². The van der Waals surface area contributed by atoms with Crippen molar-refractivity contribution < 1.29 is 0 Å². The molecular formula is C69H44N6. The number of benzene rings is 10. The molecule has 2 bridgehead atoms. The first-order valence-electron chi connectivity index (χ1n) is 25.6. The molecule has 3 aliphatic rings. The van der Waals surface area contributed by atoms with E-state index in [1.54, 1.807) is 0 Å². The summed E-state index contributed by atoms with van der Waals surface area (Å²) in [5.41, 5.74) is 21.5. The Kier molecular flexibility index (Phi) is 9.91. The molecule has 6 nitrogen and oxygen atoms in total. The molecular weight excluding hydrogens is 913 g/mol. The summed E-state index contributed by atoms with van der Waals surface area (Å²) < 4.78 is 2.37. The van der Waals surface area contributed by atoms with Crippen LogP contribution in [0.15, 0.2) is 255 Å². The van der Waals surface area contributed by atoms with Crippen molar-refractivity contribution >= 4 is 21.8 Å². The van der Waals surface area contributed by atoms with Crippen molar-refractivity contribution in [3.8, 4) is 84.9 Å². The van der Waals surface area contributed by atoms with Gasteiger partial charge in [0.1, 0.15) is 0 Å². The number of para-hydroxylation sites is 2. The van der Waals surface area contributed by atoms with E-state index in [1.807, 2.05) is 42.5 Å². The van der Waals surface area contributed by atoms with Crippen LogP contribution in [0.5, 0.6) is 0 Å². The monoisotopic (exact) mass is 956 g/mol. The summed E-state index contributed by atoms with van der Waals surface area (Å²) in [6, 6.07) is 90.5. The summed E-state index contributed by atoms with van der Waals surface area (Å²) in [5.74, 6) is 2.73. The van der Waals surface area contributed by atoms with Crippen molar-refractivity contribution in [3.63, 3.8) is 0 Å². The first kappa shape index (κ1) is 42.7. The lowest BCUT2D eigenvalue weighted by Gasteiger charge is -2.42. The van der Waals surface area contributed by atoms with Gasteiger partial charge in [0, 0.05) is 61.7 Å². The van der Waals surface area contributed by atoms with E-state index in [-0.39, 0.29) is 11.8 Å². The van der Waals surface area contributed by atoms with Gasteiger partial charge in [-0.25, -0.2) is 24.9 Å². The third kappa shape index (κ3) is 7.13. The molecule has 0 radical (unpaired) electrons. The van der Waals surface area contributed by atoms with Gasteiger partial charge in [0.2, 0.25) is 0 Å². The minimum atomic E-state index is 0.0364. The molecule has 3 heterocycles. The Bertz CT molecular complexity index is 4280. The second-order valence-electron chi connectivity index (χ2n) is 19.5. The Morgan fingerprint density at radius 3 is 1.29 bits per heavy atom. The van der Waals surface area contributed by atoms with Crippen LogP contribution < -0.4 is 0 Å². The number of hydrogen-bond acceptors (Lipinski definition) is 5. The van der Waals surface area contributed by atoms with Crippen molar-refractivity contribution in [2.75, 3.05) is 0 Å². The fourth-order valence-electron chi connectivity index (χ4n) is 11.8. The van der Waals surface area contributed by atoms with E-state index in [9.17, 15) is 0 Å². The molecule has 2 unspecified atom stereocenters. The molecule has 6 heteroatoms. The Morgan fingerprint density at radius 1 is 0.267 bits per heavy atom. The number of fused-ring (bicyclic) bond motifs is 3. The van der Waals surface area contributed by atoms with Crippen LogP contribution >= 0.6 is 0 Å². The molecule has 3 aliphatic carbocycles. The minimum absolute atomic E-state index is 0.0364. The molecule has 0 fully saturated rings. The van der Waals surface area contributed by atoms with Crippen LogP contribution in [-0.2, 0) is 0 Å². The highest BCUT2D eigenvalue weighted by Gasteiger charge is 2.41. The third-order valence-corrected chi connectivity index (χ3v) is 15.3. The smallest absolute Gasteiger partial charge is 0.164 e. The molecule has 0 saturated carbocycles. The lowest BCUT2D eigenvalue weighted by Crippen LogP contribution is -2.27. The number of aromatic nitrogens is 6. The van der Waals surface area contributed by atoms with Gasteiger partial charge in [0.25, 0.3) is 0 Å². The Balaban J connectivity index is 0.823. The molecule has 75 heavy (non-hydrogen) atoms. The third-order valence-electron chi connectivity index (χ3n) is 15.3. The molecule has 0 saturated heterocycles. The highest BCUT2D eigenvalue weighted by molar-refractivity contribution is 6.15. The first-order valence-corrected chi connectivity index (χ1v) is 25.6. The van der Waals surface area contributed by atoms with E-state index in [0.29, 0.717) is 23.3 Å². The van der Waals surface area contributed by atoms with Gasteiger partial charge >= 0.3 is 0 Å². The number of hydrogen-bond donors (Lipinski definition) is 0. The zero-order valence-corrected chi connectivity index (χ0v) is 40.6. The van der Waals surface area contributed by atoms with E-state index in [0.717, 1.165) is 56.0 Å². The maximum Gasteiger partial charge on any atom is 0.164 e. The minimum Gasteiger partial charge on any atom is -0.309 e. The largest absolute Gasteiger partial charge is 0.309 e. The standard InChI is InChI=1S/C69H44N6/c1-5-18-45(19-6-1)66-70-59(44-34-32-43(33-35-44)51-29-17-31-62-65(51)56-28-15-16-30-61(56)75(62)50-24-11-4-12-25-50)42-60(71-66)48-36-38-54-57(40-48)63-52-26-13-14-27-53(52)64(54)58-41-49(37-39-55(58)63)69-73-67(46-20-7-2-8-21-46)72-68(74-69)47-22-9-3-10-23-47/h1-42,63-64H. The fourth-order valence-corrected chi connectivity index (χ4v) is 11.8. The van der Waals surface area contributed by atoms with E-state index in [4.69, 9.17) is 24.9 Å². The molecule has 0 amide bonds. The second kappa shape index (κ2) is 17.4. The van der Waals surface area contributed by atoms with Gasteiger partial charge in [-0.05, 0) is 87.0 Å². The molecule has 16 rings (SSSR count). The molecule has 3 aromatic heterocycles. The quantitative estimate of drug-likeness (QED) is 0.152. The summed E-state index contributed by atoms with van der Waals surface area (Å²) in [6.07, 6.45) is 0. The van der Waals surface area contributed by atoms with E-state index in [1.165, 1.54) is 60.8 Å². The molecule has 0 N–H and O–H groups in total. The Labute approximate surface area is 434 Å². The van der Waals surface area contributed by atoms with Gasteiger partial charge in [0.05, 0.1) is 22.4 Å². The van der Waals surface area contributed by atoms with Crippen LogP contribution in [0.2, 0.25) is 0 Å². The zero-order chi connectivity index (χ0) is 49.4. The van der Waals surface area contributed by atoms with Crippen LogP contribution in [0.1, 0.15) is 45.2 Å². The van der Waals surface area contributed by atoms with E-state index >= 15 is 0 Å². The van der Waals surface area contributed by atoms with Crippen molar-refractivity contribution in [2.24, 2.45) is 0 Å². The molecule has 13 aromatic rings. The van der Waals surface area contributed by atoms with Crippen molar-refractivity contribution in [3.05, 3.63) is 288 Å². The Hall–Kier alpha value is -9.91. The highest BCUT2D eigenvalue weighted by Crippen LogP contribution is 2.57. The highest BCUT2D eigenvalue weighted by atomic mass is 15.0. The van der Waals surface area contributed by atoms with Crippen molar-refractivity contribution in [1.29, 1.82) is 0 Å². The van der Waals surface area contributed by atoms with Gasteiger partial charge in [-0.3, -0.25) is 0 Å².